The third kappa shape index (κ3) is 5.48. The standard InChI is InChI=1S/C13H17FN2O3/c1-2-7-16(9-13(18)19)8-12(17)15-11-6-4-3-5-10(11)14/h3-6H,2,7-9H2,1H3,(H,15,17)(H,18,19). The van der Waals surface area contributed by atoms with Crippen LogP contribution in [0.3, 0.4) is 0 Å². The van der Waals surface area contributed by atoms with Gasteiger partial charge < -0.3 is 10.4 Å². The van der Waals surface area contributed by atoms with E-state index < -0.39 is 17.7 Å². The highest BCUT2D eigenvalue weighted by Crippen LogP contribution is 2.12. The average molecular weight is 268 g/mol. The Morgan fingerprint density at radius 3 is 2.58 bits per heavy atom. The van der Waals surface area contributed by atoms with E-state index in [-0.39, 0.29) is 18.8 Å². The molecule has 6 heteroatoms. The van der Waals surface area contributed by atoms with Gasteiger partial charge in [0.1, 0.15) is 5.82 Å². The zero-order valence-corrected chi connectivity index (χ0v) is 10.7. The topological polar surface area (TPSA) is 69.6 Å². The second kappa shape index (κ2) is 7.48. The van der Waals surface area contributed by atoms with Crippen molar-refractivity contribution < 1.29 is 19.1 Å². The SMILES string of the molecule is CCCN(CC(=O)O)CC(=O)Nc1ccccc1F. The van der Waals surface area contributed by atoms with E-state index in [9.17, 15) is 14.0 Å². The van der Waals surface area contributed by atoms with Crippen molar-refractivity contribution in [3.63, 3.8) is 0 Å². The highest BCUT2D eigenvalue weighted by molar-refractivity contribution is 5.92. The van der Waals surface area contributed by atoms with Crippen LogP contribution in [0.5, 0.6) is 0 Å². The molecule has 0 bridgehead atoms. The van der Waals surface area contributed by atoms with Gasteiger partial charge in [-0.2, -0.15) is 0 Å². The number of aliphatic carboxylic acids is 1. The number of carbonyl (C=O) groups excluding carboxylic acids is 1. The first-order chi connectivity index (χ1) is 9.02. The van der Waals surface area contributed by atoms with Gasteiger partial charge in [0.05, 0.1) is 18.8 Å². The number of carboxylic acid groups (broad SMARTS) is 1. The van der Waals surface area contributed by atoms with Gasteiger partial charge in [0.25, 0.3) is 0 Å². The molecule has 5 nitrogen and oxygen atoms in total. The summed E-state index contributed by atoms with van der Waals surface area (Å²) >= 11 is 0. The van der Waals surface area contributed by atoms with Gasteiger partial charge in [-0.15, -0.1) is 0 Å². The maximum absolute atomic E-state index is 13.3. The molecule has 1 aromatic rings. The second-order valence-electron chi connectivity index (χ2n) is 4.13. The number of rotatable bonds is 7. The highest BCUT2D eigenvalue weighted by atomic mass is 19.1. The van der Waals surface area contributed by atoms with E-state index in [0.29, 0.717) is 6.54 Å². The fourth-order valence-corrected chi connectivity index (χ4v) is 1.68. The van der Waals surface area contributed by atoms with E-state index in [1.54, 1.807) is 6.07 Å². The quantitative estimate of drug-likeness (QED) is 0.787. The molecule has 1 amide bonds. The van der Waals surface area contributed by atoms with E-state index in [2.05, 4.69) is 5.32 Å². The summed E-state index contributed by atoms with van der Waals surface area (Å²) in [6, 6.07) is 5.84. The number of nitrogens with one attached hydrogen (secondary N) is 1. The van der Waals surface area contributed by atoms with Crippen molar-refractivity contribution in [2.75, 3.05) is 25.0 Å². The predicted molar refractivity (Wildman–Crippen MR) is 69.4 cm³/mol. The number of hydrogen-bond acceptors (Lipinski definition) is 3. The van der Waals surface area contributed by atoms with Crippen molar-refractivity contribution in [3.05, 3.63) is 30.1 Å². The van der Waals surface area contributed by atoms with Gasteiger partial charge in [-0.25, -0.2) is 4.39 Å². The monoisotopic (exact) mass is 268 g/mol. The molecular weight excluding hydrogens is 251 g/mol. The zero-order valence-electron chi connectivity index (χ0n) is 10.7. The Kier molecular flexibility index (Phi) is 5.95. The molecule has 0 saturated heterocycles. The summed E-state index contributed by atoms with van der Waals surface area (Å²) in [5.41, 5.74) is 0.0965. The van der Waals surface area contributed by atoms with E-state index >= 15 is 0 Å². The minimum atomic E-state index is -0.993. The van der Waals surface area contributed by atoms with E-state index in [4.69, 9.17) is 5.11 Å². The van der Waals surface area contributed by atoms with Crippen molar-refractivity contribution in [1.29, 1.82) is 0 Å². The van der Waals surface area contributed by atoms with Crippen molar-refractivity contribution >= 4 is 17.6 Å². The van der Waals surface area contributed by atoms with Crippen LogP contribution in [-0.2, 0) is 9.59 Å². The Labute approximate surface area is 111 Å². The highest BCUT2D eigenvalue weighted by Gasteiger charge is 2.14. The number of anilines is 1. The number of carbonyl (C=O) groups is 2. The van der Waals surface area contributed by atoms with Crippen molar-refractivity contribution in [2.45, 2.75) is 13.3 Å². The summed E-state index contributed by atoms with van der Waals surface area (Å²) in [6.45, 7) is 2.10. The first-order valence-electron chi connectivity index (χ1n) is 6.01. The molecule has 19 heavy (non-hydrogen) atoms. The number of benzene rings is 1. The van der Waals surface area contributed by atoms with Crippen LogP contribution >= 0.6 is 0 Å². The van der Waals surface area contributed by atoms with Crippen molar-refractivity contribution in [3.8, 4) is 0 Å². The maximum atomic E-state index is 13.3. The van der Waals surface area contributed by atoms with Gasteiger partial charge in [0.15, 0.2) is 0 Å². The number of halogens is 1. The number of amides is 1. The largest absolute Gasteiger partial charge is 0.480 e. The van der Waals surface area contributed by atoms with Gasteiger partial charge in [0, 0.05) is 0 Å². The number of hydrogen-bond donors (Lipinski definition) is 2. The molecule has 2 N–H and O–H groups in total. The van der Waals surface area contributed by atoms with Gasteiger partial charge in [-0.3, -0.25) is 14.5 Å². The van der Waals surface area contributed by atoms with E-state index in [1.165, 1.54) is 23.1 Å². The normalized spacial score (nSPS) is 10.5. The molecule has 0 unspecified atom stereocenters. The molecular formula is C13H17FN2O3. The van der Waals surface area contributed by atoms with E-state index in [0.717, 1.165) is 6.42 Å². The van der Waals surface area contributed by atoms with Gasteiger partial charge in [-0.1, -0.05) is 19.1 Å². The van der Waals surface area contributed by atoms with Crippen LogP contribution in [0.4, 0.5) is 10.1 Å². The number of para-hydroxylation sites is 1. The summed E-state index contributed by atoms with van der Waals surface area (Å²) in [6.07, 6.45) is 0.736. The van der Waals surface area contributed by atoms with Gasteiger partial charge in [-0.05, 0) is 25.1 Å². The van der Waals surface area contributed by atoms with E-state index in [1.807, 2.05) is 6.92 Å². The molecule has 0 heterocycles. The third-order valence-electron chi connectivity index (χ3n) is 2.41. The predicted octanol–water partition coefficient (Wildman–Crippen LogP) is 1.56. The van der Waals surface area contributed by atoms with Gasteiger partial charge >= 0.3 is 5.97 Å². The lowest BCUT2D eigenvalue weighted by Crippen LogP contribution is -2.37. The first-order valence-corrected chi connectivity index (χ1v) is 6.01. The molecule has 0 atom stereocenters. The molecule has 0 aromatic heterocycles. The average Bonchev–Trinajstić information content (AvgIpc) is 2.31. The molecule has 0 fully saturated rings. The molecule has 0 aliphatic heterocycles. The van der Waals surface area contributed by atoms with Crippen LogP contribution in [0.1, 0.15) is 13.3 Å². The summed E-state index contributed by atoms with van der Waals surface area (Å²) in [5.74, 6) is -1.94. The summed E-state index contributed by atoms with van der Waals surface area (Å²) in [4.78, 5) is 23.9. The number of nitrogens with zero attached hydrogens (tertiary/aromatic N) is 1. The van der Waals surface area contributed by atoms with Crippen LogP contribution in [0.2, 0.25) is 0 Å². The van der Waals surface area contributed by atoms with Crippen LogP contribution in [0.15, 0.2) is 24.3 Å². The molecule has 104 valence electrons. The van der Waals surface area contributed by atoms with Crippen LogP contribution < -0.4 is 5.32 Å². The first kappa shape index (κ1) is 15.1. The third-order valence-corrected chi connectivity index (χ3v) is 2.41. The molecule has 0 aliphatic rings. The maximum Gasteiger partial charge on any atom is 0.317 e. The van der Waals surface area contributed by atoms with Crippen molar-refractivity contribution in [2.24, 2.45) is 0 Å². The Hall–Kier alpha value is -1.95. The lowest BCUT2D eigenvalue weighted by atomic mass is 10.3. The molecule has 1 rings (SSSR count). The lowest BCUT2D eigenvalue weighted by Gasteiger charge is -2.18. The van der Waals surface area contributed by atoms with Crippen molar-refractivity contribution in [1.82, 2.24) is 4.90 Å². The lowest BCUT2D eigenvalue weighted by molar-refractivity contribution is -0.138. The number of carboxylic acids is 1. The molecule has 1 aromatic carbocycles. The summed E-state index contributed by atoms with van der Waals surface area (Å²) in [7, 11) is 0. The Morgan fingerprint density at radius 2 is 2.00 bits per heavy atom. The van der Waals surface area contributed by atoms with Crippen LogP contribution in [0.25, 0.3) is 0 Å². The minimum absolute atomic E-state index is 0.0749. The minimum Gasteiger partial charge on any atom is -0.480 e. The molecule has 0 aliphatic carbocycles. The zero-order chi connectivity index (χ0) is 14.3. The Balaban J connectivity index is 2.57. The van der Waals surface area contributed by atoms with Crippen LogP contribution in [-0.4, -0.2) is 41.5 Å². The van der Waals surface area contributed by atoms with Gasteiger partial charge in [0.2, 0.25) is 5.91 Å². The fraction of sp³-hybridized carbons (Fsp3) is 0.385. The summed E-state index contributed by atoms with van der Waals surface area (Å²) < 4.78 is 13.3. The molecule has 0 radical (unpaired) electrons. The Bertz CT molecular complexity index is 451. The second-order valence-corrected chi connectivity index (χ2v) is 4.13. The fourth-order valence-electron chi connectivity index (χ4n) is 1.68. The molecule has 0 saturated carbocycles. The Morgan fingerprint density at radius 1 is 1.32 bits per heavy atom. The smallest absolute Gasteiger partial charge is 0.317 e. The summed E-state index contributed by atoms with van der Waals surface area (Å²) in [5, 5.41) is 11.1. The molecule has 0 spiro atoms. The van der Waals surface area contributed by atoms with Crippen LogP contribution in [0, 0.1) is 5.82 Å².